The Bertz CT molecular complexity index is 1040. The van der Waals surface area contributed by atoms with E-state index >= 15 is 0 Å². The molecule has 2 aromatic carbocycles. The molecule has 0 saturated heterocycles. The second-order valence-electron chi connectivity index (χ2n) is 6.28. The lowest BCUT2D eigenvalue weighted by atomic mass is 10.2. The van der Waals surface area contributed by atoms with Crippen molar-refractivity contribution in [2.45, 2.75) is 11.6 Å². The Hall–Kier alpha value is -3.33. The van der Waals surface area contributed by atoms with Crippen LogP contribution in [0.5, 0.6) is 5.75 Å². The summed E-state index contributed by atoms with van der Waals surface area (Å²) in [7, 11) is 1.51. The molecule has 0 bridgehead atoms. The first-order chi connectivity index (χ1) is 14.5. The molecule has 0 unspecified atom stereocenters. The summed E-state index contributed by atoms with van der Waals surface area (Å²) in [6.07, 6.45) is 3.31. The molecular weight excluding hydrogens is 407 g/mol. The number of carbonyl (C=O) groups excluding carboxylic acids is 2. The molecule has 30 heavy (non-hydrogen) atoms. The van der Waals surface area contributed by atoms with Crippen molar-refractivity contribution in [3.8, 4) is 11.4 Å². The van der Waals surface area contributed by atoms with Crippen LogP contribution in [0.25, 0.3) is 5.69 Å². The molecule has 3 rings (SSSR count). The summed E-state index contributed by atoms with van der Waals surface area (Å²) in [6.45, 7) is 0.132. The first-order valence-corrected chi connectivity index (χ1v) is 10.1. The lowest BCUT2D eigenvalue weighted by Crippen LogP contribution is -2.35. The Morgan fingerprint density at radius 3 is 2.77 bits per heavy atom. The maximum Gasteiger partial charge on any atom is 0.237 e. The van der Waals surface area contributed by atoms with Crippen molar-refractivity contribution in [3.63, 3.8) is 0 Å². The Morgan fingerprint density at radius 2 is 2.03 bits per heavy atom. The van der Waals surface area contributed by atoms with Gasteiger partial charge in [0.1, 0.15) is 11.6 Å². The fourth-order valence-electron chi connectivity index (χ4n) is 2.88. The molecular formula is C21H21FN4O3S. The van der Waals surface area contributed by atoms with Gasteiger partial charge in [-0.25, -0.2) is 9.37 Å². The number of imidazole rings is 1. The molecule has 0 radical (unpaired) electrons. The molecule has 0 fully saturated rings. The van der Waals surface area contributed by atoms with Gasteiger partial charge in [0.15, 0.2) is 5.16 Å². The molecule has 1 aromatic heterocycles. The van der Waals surface area contributed by atoms with Crippen molar-refractivity contribution in [1.82, 2.24) is 9.55 Å². The van der Waals surface area contributed by atoms with Crippen LogP contribution < -0.4 is 15.4 Å². The van der Waals surface area contributed by atoms with Gasteiger partial charge in [-0.05, 0) is 30.3 Å². The molecule has 3 aromatic rings. The minimum atomic E-state index is -0.503. The Morgan fingerprint density at radius 1 is 1.23 bits per heavy atom. The number of nitrogens with two attached hydrogens (primary N) is 1. The average molecular weight is 428 g/mol. The van der Waals surface area contributed by atoms with Gasteiger partial charge in [0.25, 0.3) is 0 Å². The molecule has 0 atom stereocenters. The van der Waals surface area contributed by atoms with Crippen LogP contribution in [0.4, 0.5) is 10.1 Å². The average Bonchev–Trinajstić information content (AvgIpc) is 3.21. The third kappa shape index (κ3) is 5.18. The summed E-state index contributed by atoms with van der Waals surface area (Å²) in [5, 5.41) is 0.545. The van der Waals surface area contributed by atoms with E-state index in [-0.39, 0.29) is 30.4 Å². The lowest BCUT2D eigenvalue weighted by Gasteiger charge is -2.24. The van der Waals surface area contributed by atoms with Crippen molar-refractivity contribution < 1.29 is 18.7 Å². The fraction of sp³-hybridized carbons (Fsp3) is 0.190. The van der Waals surface area contributed by atoms with Crippen LogP contribution in [-0.4, -0.2) is 40.8 Å². The van der Waals surface area contributed by atoms with Gasteiger partial charge in [0.05, 0.1) is 24.2 Å². The second kappa shape index (κ2) is 9.93. The zero-order valence-corrected chi connectivity index (χ0v) is 17.1. The number of nitrogens with zero attached hydrogens (tertiary/aromatic N) is 3. The smallest absolute Gasteiger partial charge is 0.237 e. The summed E-state index contributed by atoms with van der Waals surface area (Å²) in [5.74, 6) is -0.525. The van der Waals surface area contributed by atoms with Crippen molar-refractivity contribution in [1.29, 1.82) is 0 Å². The largest absolute Gasteiger partial charge is 0.495 e. The maximum absolute atomic E-state index is 13.6. The predicted molar refractivity (Wildman–Crippen MR) is 113 cm³/mol. The summed E-state index contributed by atoms with van der Waals surface area (Å²) < 4.78 is 20.6. The highest BCUT2D eigenvalue weighted by molar-refractivity contribution is 7.99. The molecule has 9 heteroatoms. The van der Waals surface area contributed by atoms with E-state index in [0.717, 1.165) is 0 Å². The zero-order valence-electron chi connectivity index (χ0n) is 16.3. The minimum Gasteiger partial charge on any atom is -0.495 e. The number of primary amides is 1. The van der Waals surface area contributed by atoms with Crippen molar-refractivity contribution in [3.05, 3.63) is 66.7 Å². The maximum atomic E-state index is 13.6. The molecule has 2 N–H and O–H groups in total. The van der Waals surface area contributed by atoms with E-state index in [2.05, 4.69) is 4.98 Å². The Labute approximate surface area is 177 Å². The van der Waals surface area contributed by atoms with Crippen molar-refractivity contribution >= 4 is 29.3 Å². The first kappa shape index (κ1) is 21.4. The standard InChI is InChI=1S/C21H21FN4O3S/c1-29-18-8-3-2-7-17(18)26(11-9-19(23)27)20(28)14-30-21-24-10-12-25(21)16-6-4-5-15(22)13-16/h2-8,10,12-13H,9,11,14H2,1H3,(H2,23,27). The number of hydrogen-bond donors (Lipinski definition) is 1. The molecule has 0 saturated carbocycles. The monoisotopic (exact) mass is 428 g/mol. The van der Waals surface area contributed by atoms with Gasteiger partial charge in [-0.2, -0.15) is 0 Å². The summed E-state index contributed by atoms with van der Waals surface area (Å²) in [6, 6.07) is 13.2. The van der Waals surface area contributed by atoms with Gasteiger partial charge in [-0.3, -0.25) is 14.2 Å². The third-order valence-corrected chi connectivity index (χ3v) is 5.23. The number of methoxy groups -OCH3 is 1. The number of anilines is 1. The van der Waals surface area contributed by atoms with Gasteiger partial charge in [-0.1, -0.05) is 30.0 Å². The molecule has 7 nitrogen and oxygen atoms in total. The Kier molecular flexibility index (Phi) is 7.08. The summed E-state index contributed by atoms with van der Waals surface area (Å²) in [5.41, 5.74) is 6.44. The van der Waals surface area contributed by atoms with Crippen molar-refractivity contribution in [2.24, 2.45) is 5.73 Å². The van der Waals surface area contributed by atoms with Gasteiger partial charge in [0, 0.05) is 25.4 Å². The number of hydrogen-bond acceptors (Lipinski definition) is 5. The number of halogens is 1. The number of carbonyl (C=O) groups is 2. The number of ether oxygens (including phenoxy) is 1. The van der Waals surface area contributed by atoms with E-state index in [1.54, 1.807) is 53.4 Å². The van der Waals surface area contributed by atoms with Gasteiger partial charge >= 0.3 is 0 Å². The fourth-order valence-corrected chi connectivity index (χ4v) is 3.73. The molecule has 156 valence electrons. The molecule has 0 spiro atoms. The number of benzene rings is 2. The van der Waals surface area contributed by atoms with E-state index in [0.29, 0.717) is 22.3 Å². The topological polar surface area (TPSA) is 90.4 Å². The lowest BCUT2D eigenvalue weighted by molar-refractivity contribution is -0.118. The summed E-state index contributed by atoms with van der Waals surface area (Å²) in [4.78, 5) is 30.1. The minimum absolute atomic E-state index is 0.0202. The van der Waals surface area contributed by atoms with Gasteiger partial charge in [-0.15, -0.1) is 0 Å². The summed E-state index contributed by atoms with van der Waals surface area (Å²) >= 11 is 1.21. The number of para-hydroxylation sites is 2. The molecule has 0 aliphatic carbocycles. The number of thioether (sulfide) groups is 1. The van der Waals surface area contributed by atoms with E-state index in [1.165, 1.54) is 35.9 Å². The molecule has 0 aliphatic rings. The van der Waals surface area contributed by atoms with Gasteiger partial charge in [0.2, 0.25) is 11.8 Å². The van der Waals surface area contributed by atoms with Crippen LogP contribution in [0.15, 0.2) is 66.1 Å². The van der Waals surface area contributed by atoms with Crippen LogP contribution in [0.2, 0.25) is 0 Å². The molecule has 0 aliphatic heterocycles. The Balaban J connectivity index is 1.79. The van der Waals surface area contributed by atoms with Crippen LogP contribution in [0.3, 0.4) is 0 Å². The first-order valence-electron chi connectivity index (χ1n) is 9.13. The zero-order chi connectivity index (χ0) is 21.5. The highest BCUT2D eigenvalue weighted by Crippen LogP contribution is 2.29. The normalized spacial score (nSPS) is 10.6. The SMILES string of the molecule is COc1ccccc1N(CCC(N)=O)C(=O)CSc1nccn1-c1cccc(F)c1. The molecule has 1 heterocycles. The highest BCUT2D eigenvalue weighted by atomic mass is 32.2. The van der Waals surface area contributed by atoms with E-state index in [4.69, 9.17) is 10.5 Å². The van der Waals surface area contributed by atoms with E-state index < -0.39 is 5.91 Å². The van der Waals surface area contributed by atoms with Crippen molar-refractivity contribution in [2.75, 3.05) is 24.3 Å². The van der Waals surface area contributed by atoms with E-state index in [1.807, 2.05) is 0 Å². The molecule has 2 amide bonds. The second-order valence-corrected chi connectivity index (χ2v) is 7.22. The van der Waals surface area contributed by atoms with Crippen LogP contribution >= 0.6 is 11.8 Å². The highest BCUT2D eigenvalue weighted by Gasteiger charge is 2.21. The van der Waals surface area contributed by atoms with Crippen LogP contribution in [-0.2, 0) is 9.59 Å². The van der Waals surface area contributed by atoms with Crippen LogP contribution in [0.1, 0.15) is 6.42 Å². The van der Waals surface area contributed by atoms with E-state index in [9.17, 15) is 14.0 Å². The number of rotatable bonds is 9. The van der Waals surface area contributed by atoms with Crippen LogP contribution in [0, 0.1) is 5.82 Å². The predicted octanol–water partition coefficient (Wildman–Crippen LogP) is 3.02. The number of amides is 2. The van der Waals surface area contributed by atoms with Gasteiger partial charge < -0.3 is 15.4 Å². The quantitative estimate of drug-likeness (QED) is 0.529. The third-order valence-electron chi connectivity index (χ3n) is 4.28. The number of aromatic nitrogens is 2.